The molecule has 1 fully saturated rings. The fraction of sp³-hybridized carbons (Fsp3) is 0.0714. The summed E-state index contributed by atoms with van der Waals surface area (Å²) in [6.45, 7) is 0. The largest absolute Gasteiger partial charge is 0.269 e. The number of hydrogen-bond acceptors (Lipinski definition) is 3. The van der Waals surface area contributed by atoms with Crippen LogP contribution < -0.4 is 10.3 Å². The average molecular weight is 664 g/mol. The molecule has 0 radical (unpaired) electrons. The van der Waals surface area contributed by atoms with Crippen molar-refractivity contribution < 1.29 is 0 Å². The highest BCUT2D eigenvalue weighted by molar-refractivity contribution is 6.32. The zero-order valence-electron chi connectivity index (χ0n) is 26.0. The molecule has 0 amide bonds. The first-order chi connectivity index (χ1) is 23.6. The van der Waals surface area contributed by atoms with E-state index in [0.29, 0.717) is 10.0 Å². The van der Waals surface area contributed by atoms with E-state index < -0.39 is 16.7 Å². The fourth-order valence-corrected chi connectivity index (χ4v) is 8.41. The molecule has 0 bridgehead atoms. The van der Waals surface area contributed by atoms with Gasteiger partial charge in [0.25, 0.3) is 0 Å². The van der Waals surface area contributed by atoms with Crippen LogP contribution in [0.5, 0.6) is 0 Å². The summed E-state index contributed by atoms with van der Waals surface area (Å²) >= 11 is 14.7. The van der Waals surface area contributed by atoms with Crippen molar-refractivity contribution in [2.45, 2.75) is 16.7 Å². The van der Waals surface area contributed by atoms with Gasteiger partial charge in [-0.1, -0.05) is 181 Å². The summed E-state index contributed by atoms with van der Waals surface area (Å²) < 4.78 is 2.09. The number of benzene rings is 6. The maximum absolute atomic E-state index is 7.36. The second-order valence-electron chi connectivity index (χ2n) is 12.0. The van der Waals surface area contributed by atoms with E-state index in [1.54, 1.807) is 0 Å². The summed E-state index contributed by atoms with van der Waals surface area (Å²) in [4.78, 5) is 4.64. The first kappa shape index (κ1) is 30.2. The molecule has 1 aliphatic heterocycles. The second kappa shape index (κ2) is 12.1. The van der Waals surface area contributed by atoms with Crippen LogP contribution >= 0.6 is 23.2 Å². The van der Waals surface area contributed by atoms with Crippen molar-refractivity contribution in [3.63, 3.8) is 0 Å². The van der Waals surface area contributed by atoms with E-state index in [2.05, 4.69) is 153 Å². The summed E-state index contributed by atoms with van der Waals surface area (Å²) in [5, 5.41) is 8.00. The Hall–Kier alpha value is -5.13. The molecule has 234 valence electrons. The average Bonchev–Trinajstić information content (AvgIpc) is 3.78. The third kappa shape index (κ3) is 4.30. The Labute approximate surface area is 290 Å². The van der Waals surface area contributed by atoms with Gasteiger partial charge in [0.05, 0.1) is 0 Å². The number of halogens is 2. The summed E-state index contributed by atoms with van der Waals surface area (Å²) in [5.74, 6) is 0. The van der Waals surface area contributed by atoms with Crippen molar-refractivity contribution in [3.8, 4) is 0 Å². The van der Waals surface area contributed by atoms with Crippen LogP contribution in [0.25, 0.3) is 0 Å². The van der Waals surface area contributed by atoms with Gasteiger partial charge in [-0.2, -0.15) is 0 Å². The van der Waals surface area contributed by atoms with E-state index in [0.717, 1.165) is 33.4 Å². The van der Waals surface area contributed by atoms with E-state index in [-0.39, 0.29) is 0 Å². The number of nitrogens with zero attached hydrogens (tertiary/aromatic N) is 3. The molecule has 7 aromatic rings. The first-order valence-corrected chi connectivity index (χ1v) is 16.7. The molecule has 1 aliphatic rings. The molecule has 0 saturated carbocycles. The van der Waals surface area contributed by atoms with Crippen molar-refractivity contribution in [3.05, 3.63) is 232 Å². The number of nitrogens with one attached hydrogen (secondary N) is 1. The van der Waals surface area contributed by atoms with Crippen LogP contribution in [0.15, 0.2) is 189 Å². The summed E-state index contributed by atoms with van der Waals surface area (Å²) in [6, 6.07) is 58.9. The Morgan fingerprint density at radius 1 is 0.479 bits per heavy atom. The highest BCUT2D eigenvalue weighted by Crippen LogP contribution is 2.63. The molecule has 6 aromatic carbocycles. The molecule has 1 aromatic heterocycles. The Balaban J connectivity index is 1.70. The van der Waals surface area contributed by atoms with E-state index in [1.165, 1.54) is 0 Å². The molecule has 0 aliphatic carbocycles. The van der Waals surface area contributed by atoms with Crippen molar-refractivity contribution in [2.24, 2.45) is 0 Å². The lowest BCUT2D eigenvalue weighted by Gasteiger charge is -2.52. The molecule has 2 heterocycles. The SMILES string of the molecule is Clc1ccccc1C1(c2ccccc2Cl)NC(c2ccccc2)(c2ccccc2)C(c2ccccc2)(c2ccccc2)N1n1ccnc1. The van der Waals surface area contributed by atoms with Gasteiger partial charge in [0, 0.05) is 33.6 Å². The van der Waals surface area contributed by atoms with Crippen LogP contribution in [0, 0.1) is 0 Å². The van der Waals surface area contributed by atoms with Gasteiger partial charge in [-0.25, -0.2) is 9.66 Å². The molecule has 48 heavy (non-hydrogen) atoms. The topological polar surface area (TPSA) is 33.1 Å². The third-order valence-electron chi connectivity index (χ3n) is 9.59. The number of aromatic nitrogens is 2. The lowest BCUT2D eigenvalue weighted by molar-refractivity contribution is 0.302. The predicted octanol–water partition coefficient (Wildman–Crippen LogP) is 9.52. The number of hydrogen-bond donors (Lipinski definition) is 1. The minimum Gasteiger partial charge on any atom is -0.269 e. The summed E-state index contributed by atoms with van der Waals surface area (Å²) in [7, 11) is 0. The van der Waals surface area contributed by atoms with Crippen molar-refractivity contribution in [1.29, 1.82) is 0 Å². The minimum absolute atomic E-state index is 0.599. The highest BCUT2D eigenvalue weighted by atomic mass is 35.5. The molecular formula is C42H32Cl2N4. The third-order valence-corrected chi connectivity index (χ3v) is 10.3. The van der Waals surface area contributed by atoms with Crippen molar-refractivity contribution in [1.82, 2.24) is 15.0 Å². The van der Waals surface area contributed by atoms with Gasteiger partial charge >= 0.3 is 0 Å². The standard InChI is InChI=1S/C42H32Cl2N4/c43-38-27-15-13-25-36(38)42(37-26-14-16-28-39(37)44)46-40(32-17-5-1-6-18-32,33-19-7-2-8-20-33)41(34-21-9-3-10-22-34,35-23-11-4-12-24-35)48(42)47-30-29-45-31-47/h1-31,46H. The molecule has 0 spiro atoms. The molecule has 4 nitrogen and oxygen atoms in total. The van der Waals surface area contributed by atoms with Gasteiger partial charge in [-0.05, 0) is 34.4 Å². The lowest BCUT2D eigenvalue weighted by Crippen LogP contribution is -2.62. The van der Waals surface area contributed by atoms with Crippen LogP contribution in [-0.4, -0.2) is 9.66 Å². The van der Waals surface area contributed by atoms with Crippen molar-refractivity contribution in [2.75, 3.05) is 5.01 Å². The highest BCUT2D eigenvalue weighted by Gasteiger charge is 2.72. The molecule has 8 rings (SSSR count). The smallest absolute Gasteiger partial charge is 0.163 e. The van der Waals surface area contributed by atoms with E-state index >= 15 is 0 Å². The van der Waals surface area contributed by atoms with Crippen LogP contribution in [0.2, 0.25) is 10.0 Å². The van der Waals surface area contributed by atoms with Gasteiger partial charge in [-0.3, -0.25) is 10.3 Å². The molecule has 1 N–H and O–H groups in total. The van der Waals surface area contributed by atoms with Gasteiger partial charge in [-0.15, -0.1) is 0 Å². The van der Waals surface area contributed by atoms with E-state index in [1.807, 2.05) is 55.1 Å². The number of imidazole rings is 1. The first-order valence-electron chi connectivity index (χ1n) is 15.9. The minimum atomic E-state index is -1.17. The van der Waals surface area contributed by atoms with Crippen LogP contribution in [0.1, 0.15) is 33.4 Å². The Morgan fingerprint density at radius 2 is 0.875 bits per heavy atom. The maximum atomic E-state index is 7.36. The number of rotatable bonds is 7. The Kier molecular flexibility index (Phi) is 7.65. The van der Waals surface area contributed by atoms with Crippen LogP contribution in [0.3, 0.4) is 0 Å². The maximum Gasteiger partial charge on any atom is 0.163 e. The Morgan fingerprint density at radius 3 is 1.27 bits per heavy atom. The van der Waals surface area contributed by atoms with E-state index in [4.69, 9.17) is 23.2 Å². The predicted molar refractivity (Wildman–Crippen MR) is 195 cm³/mol. The van der Waals surface area contributed by atoms with E-state index in [9.17, 15) is 0 Å². The van der Waals surface area contributed by atoms with Crippen molar-refractivity contribution >= 4 is 23.2 Å². The zero-order valence-corrected chi connectivity index (χ0v) is 27.5. The molecule has 0 atom stereocenters. The van der Waals surface area contributed by atoms with Crippen LogP contribution in [-0.2, 0) is 16.7 Å². The summed E-state index contributed by atoms with van der Waals surface area (Å²) in [5.41, 5.74) is 2.80. The molecule has 0 unspecified atom stereocenters. The lowest BCUT2D eigenvalue weighted by atomic mass is 9.62. The summed E-state index contributed by atoms with van der Waals surface area (Å²) in [6.07, 6.45) is 5.67. The normalized spacial score (nSPS) is 16.1. The van der Waals surface area contributed by atoms with Gasteiger partial charge in [0.2, 0.25) is 0 Å². The second-order valence-corrected chi connectivity index (χ2v) is 12.8. The van der Waals surface area contributed by atoms with Crippen LogP contribution in [0.4, 0.5) is 0 Å². The molecule has 1 saturated heterocycles. The molecule has 6 heteroatoms. The monoisotopic (exact) mass is 662 g/mol. The fourth-order valence-electron chi connectivity index (χ4n) is 7.87. The Bertz CT molecular complexity index is 2010. The van der Waals surface area contributed by atoms with Gasteiger partial charge in [0.15, 0.2) is 5.66 Å². The van der Waals surface area contributed by atoms with Gasteiger partial charge in [0.1, 0.15) is 17.4 Å². The molecular weight excluding hydrogens is 631 g/mol. The quantitative estimate of drug-likeness (QED) is 0.185. The zero-order chi connectivity index (χ0) is 32.6. The van der Waals surface area contributed by atoms with Gasteiger partial charge < -0.3 is 0 Å².